The average Bonchev–Trinajstić information content (AvgIpc) is 3.32. The zero-order chi connectivity index (χ0) is 24.1. The summed E-state index contributed by atoms with van der Waals surface area (Å²) in [4.78, 5) is 24.2. The van der Waals surface area contributed by atoms with Gasteiger partial charge in [-0.1, -0.05) is 44.2 Å². The van der Waals surface area contributed by atoms with Gasteiger partial charge in [0.05, 0.1) is 13.5 Å². The van der Waals surface area contributed by atoms with E-state index in [1.807, 2.05) is 68.4 Å². The fourth-order valence-corrected chi connectivity index (χ4v) is 3.88. The van der Waals surface area contributed by atoms with Crippen molar-refractivity contribution in [3.63, 3.8) is 0 Å². The maximum Gasteiger partial charge on any atom is 0.306 e. The highest BCUT2D eigenvalue weighted by Crippen LogP contribution is 2.38. The fourth-order valence-electron chi connectivity index (χ4n) is 3.88. The summed E-state index contributed by atoms with van der Waals surface area (Å²) >= 11 is 0. The van der Waals surface area contributed by atoms with Crippen LogP contribution in [0.3, 0.4) is 0 Å². The number of hydrogen-bond donors (Lipinski definition) is 1. The molecule has 0 fully saturated rings. The number of methoxy groups -OCH3 is 1. The van der Waals surface area contributed by atoms with Crippen molar-refractivity contribution >= 4 is 22.6 Å². The third-order valence-corrected chi connectivity index (χ3v) is 5.71. The lowest BCUT2D eigenvalue weighted by atomic mass is 9.87. The molecule has 7 nitrogen and oxygen atoms in total. The second-order valence-electron chi connectivity index (χ2n) is 8.70. The molecule has 1 N–H and O–H groups in total. The number of carbonyl (C=O) groups excluding carboxylic acids is 2. The van der Waals surface area contributed by atoms with Crippen LogP contribution >= 0.6 is 0 Å². The van der Waals surface area contributed by atoms with Crippen molar-refractivity contribution in [3.8, 4) is 17.2 Å². The van der Waals surface area contributed by atoms with Crippen molar-refractivity contribution in [2.24, 2.45) is 5.92 Å². The molecular weight excluding hydrogens is 434 g/mol. The van der Waals surface area contributed by atoms with Crippen LogP contribution in [0.2, 0.25) is 0 Å². The topological polar surface area (TPSA) is 83.1 Å². The standard InChI is InChI=1S/C27H29NO6/c1-17(2)14-28-26(29)15-32-22-8-6-18-4-5-19(10-21(18)11-22)23(13-27(30)31-3)20-7-9-24-25(12-20)34-16-33-24/h4-12,17,23H,13-16H2,1-3H3,(H,28,29). The fraction of sp³-hybridized carbons (Fsp3) is 0.333. The molecule has 4 rings (SSSR count). The number of hydrogen-bond acceptors (Lipinski definition) is 6. The number of rotatable bonds is 9. The molecule has 3 aromatic rings. The molecule has 7 heteroatoms. The Bertz CT molecular complexity index is 1190. The van der Waals surface area contributed by atoms with E-state index in [-0.39, 0.29) is 37.6 Å². The predicted molar refractivity (Wildman–Crippen MR) is 128 cm³/mol. The Balaban J connectivity index is 1.58. The highest BCUT2D eigenvalue weighted by molar-refractivity contribution is 5.85. The molecule has 1 aliphatic heterocycles. The smallest absolute Gasteiger partial charge is 0.306 e. The van der Waals surface area contributed by atoms with Crippen LogP contribution in [-0.2, 0) is 14.3 Å². The second kappa shape index (κ2) is 10.5. The minimum absolute atomic E-state index is 0.0416. The molecule has 1 heterocycles. The maximum absolute atomic E-state index is 12.2. The van der Waals surface area contributed by atoms with Gasteiger partial charge in [-0.2, -0.15) is 0 Å². The monoisotopic (exact) mass is 463 g/mol. The van der Waals surface area contributed by atoms with Gasteiger partial charge in [0.2, 0.25) is 6.79 Å². The molecule has 1 atom stereocenters. The molecule has 3 aromatic carbocycles. The first-order valence-corrected chi connectivity index (χ1v) is 11.3. The maximum atomic E-state index is 12.2. The number of amides is 1. The van der Waals surface area contributed by atoms with Crippen LogP contribution in [0.4, 0.5) is 0 Å². The summed E-state index contributed by atoms with van der Waals surface area (Å²) in [5, 5.41) is 4.83. The molecule has 0 bridgehead atoms. The van der Waals surface area contributed by atoms with Gasteiger partial charge in [0.1, 0.15) is 5.75 Å². The van der Waals surface area contributed by atoms with Crippen LogP contribution in [0.5, 0.6) is 17.2 Å². The van der Waals surface area contributed by atoms with E-state index in [4.69, 9.17) is 18.9 Å². The van der Waals surface area contributed by atoms with Crippen molar-refractivity contribution in [2.75, 3.05) is 27.1 Å². The second-order valence-corrected chi connectivity index (χ2v) is 8.70. The first kappa shape index (κ1) is 23.4. The number of benzene rings is 3. The van der Waals surface area contributed by atoms with Crippen LogP contribution in [-0.4, -0.2) is 38.9 Å². The molecule has 0 radical (unpaired) electrons. The van der Waals surface area contributed by atoms with Crippen molar-refractivity contribution < 1.29 is 28.5 Å². The summed E-state index contributed by atoms with van der Waals surface area (Å²) in [6, 6.07) is 17.5. The van der Waals surface area contributed by atoms with Crippen LogP contribution < -0.4 is 19.5 Å². The number of esters is 1. The molecule has 178 valence electrons. The van der Waals surface area contributed by atoms with Crippen molar-refractivity contribution in [1.29, 1.82) is 0 Å². The Morgan fingerprint density at radius 2 is 1.68 bits per heavy atom. The number of fused-ring (bicyclic) bond motifs is 2. The van der Waals surface area contributed by atoms with Crippen LogP contribution in [0.15, 0.2) is 54.6 Å². The average molecular weight is 464 g/mol. The predicted octanol–water partition coefficient (Wildman–Crippen LogP) is 4.41. The van der Waals surface area contributed by atoms with E-state index in [0.717, 1.165) is 21.9 Å². The minimum Gasteiger partial charge on any atom is -0.484 e. The summed E-state index contributed by atoms with van der Waals surface area (Å²) in [5.41, 5.74) is 1.90. The molecule has 0 saturated carbocycles. The van der Waals surface area contributed by atoms with Crippen LogP contribution in [0.25, 0.3) is 10.8 Å². The lowest BCUT2D eigenvalue weighted by Gasteiger charge is -2.18. The lowest BCUT2D eigenvalue weighted by Crippen LogP contribution is -2.31. The number of ether oxygens (including phenoxy) is 4. The lowest BCUT2D eigenvalue weighted by molar-refractivity contribution is -0.140. The molecule has 0 spiro atoms. The summed E-state index contributed by atoms with van der Waals surface area (Å²) in [6.45, 7) is 4.84. The number of carbonyl (C=O) groups is 2. The van der Waals surface area contributed by atoms with Crippen LogP contribution in [0, 0.1) is 5.92 Å². The molecule has 1 unspecified atom stereocenters. The van der Waals surface area contributed by atoms with Gasteiger partial charge in [-0.05, 0) is 52.1 Å². The number of nitrogens with one attached hydrogen (secondary N) is 1. The molecule has 1 aliphatic rings. The van der Waals surface area contributed by atoms with Crippen LogP contribution in [0.1, 0.15) is 37.3 Å². The zero-order valence-corrected chi connectivity index (χ0v) is 19.6. The van der Waals surface area contributed by atoms with Crippen molar-refractivity contribution in [2.45, 2.75) is 26.2 Å². The first-order valence-electron chi connectivity index (χ1n) is 11.3. The van der Waals surface area contributed by atoms with E-state index in [2.05, 4.69) is 5.32 Å². The largest absolute Gasteiger partial charge is 0.484 e. The van der Waals surface area contributed by atoms with Gasteiger partial charge >= 0.3 is 5.97 Å². The summed E-state index contributed by atoms with van der Waals surface area (Å²) < 4.78 is 21.6. The van der Waals surface area contributed by atoms with Crippen molar-refractivity contribution in [1.82, 2.24) is 5.32 Å². The van der Waals surface area contributed by atoms with Gasteiger partial charge in [-0.3, -0.25) is 9.59 Å². The van der Waals surface area contributed by atoms with Gasteiger partial charge in [0, 0.05) is 12.5 Å². The third-order valence-electron chi connectivity index (χ3n) is 5.71. The molecule has 0 aromatic heterocycles. The molecular formula is C27H29NO6. The Morgan fingerprint density at radius 3 is 2.47 bits per heavy atom. The van der Waals surface area contributed by atoms with E-state index in [1.54, 1.807) is 0 Å². The highest BCUT2D eigenvalue weighted by atomic mass is 16.7. The Kier molecular flexibility index (Phi) is 7.21. The van der Waals surface area contributed by atoms with Gasteiger partial charge in [-0.15, -0.1) is 0 Å². The molecule has 0 saturated heterocycles. The van der Waals surface area contributed by atoms with Gasteiger partial charge in [-0.25, -0.2) is 0 Å². The van der Waals surface area contributed by atoms with Gasteiger partial charge in [0.15, 0.2) is 18.1 Å². The van der Waals surface area contributed by atoms with E-state index in [9.17, 15) is 9.59 Å². The summed E-state index contributed by atoms with van der Waals surface area (Å²) in [7, 11) is 1.39. The van der Waals surface area contributed by atoms with Crippen molar-refractivity contribution in [3.05, 3.63) is 65.7 Å². The van der Waals surface area contributed by atoms with E-state index < -0.39 is 0 Å². The quantitative estimate of drug-likeness (QED) is 0.473. The Morgan fingerprint density at radius 1 is 0.941 bits per heavy atom. The molecule has 0 aliphatic carbocycles. The van der Waals surface area contributed by atoms with Gasteiger partial charge < -0.3 is 24.3 Å². The van der Waals surface area contributed by atoms with E-state index in [0.29, 0.717) is 29.7 Å². The molecule has 34 heavy (non-hydrogen) atoms. The normalized spacial score (nSPS) is 13.1. The highest BCUT2D eigenvalue weighted by Gasteiger charge is 2.22. The van der Waals surface area contributed by atoms with E-state index in [1.165, 1.54) is 7.11 Å². The summed E-state index contributed by atoms with van der Waals surface area (Å²) in [6.07, 6.45) is 0.188. The Hall–Kier alpha value is -3.74. The summed E-state index contributed by atoms with van der Waals surface area (Å²) in [5.74, 6) is 1.68. The Labute approximate surface area is 199 Å². The third kappa shape index (κ3) is 5.60. The first-order chi connectivity index (χ1) is 16.4. The van der Waals surface area contributed by atoms with Gasteiger partial charge in [0.25, 0.3) is 5.91 Å². The zero-order valence-electron chi connectivity index (χ0n) is 19.6. The van der Waals surface area contributed by atoms with E-state index >= 15 is 0 Å². The molecule has 1 amide bonds. The minimum atomic E-state index is -0.299. The SMILES string of the molecule is COC(=O)CC(c1ccc2c(c1)OCO2)c1ccc2ccc(OCC(=O)NCC(C)C)cc2c1.